The average Bonchev–Trinajstić information content (AvgIpc) is 2.39. The van der Waals surface area contributed by atoms with Crippen LogP contribution in [0.3, 0.4) is 0 Å². The van der Waals surface area contributed by atoms with E-state index in [1.807, 2.05) is 6.07 Å². The molecule has 1 rings (SSSR count). The monoisotopic (exact) mass is 264 g/mol. The van der Waals surface area contributed by atoms with Crippen LogP contribution < -0.4 is 11.1 Å². The second-order valence-electron chi connectivity index (χ2n) is 4.82. The molecule has 0 radical (unpaired) electrons. The van der Waals surface area contributed by atoms with E-state index >= 15 is 0 Å². The van der Waals surface area contributed by atoms with Crippen LogP contribution in [0, 0.1) is 0 Å². The lowest BCUT2D eigenvalue weighted by atomic mass is 10.1. The van der Waals surface area contributed by atoms with Crippen molar-refractivity contribution in [3.8, 4) is 0 Å². The summed E-state index contributed by atoms with van der Waals surface area (Å²) >= 11 is 0. The van der Waals surface area contributed by atoms with Gasteiger partial charge in [-0.25, -0.2) is 0 Å². The molecule has 0 aliphatic heterocycles. The van der Waals surface area contributed by atoms with Gasteiger partial charge < -0.3 is 20.9 Å². The summed E-state index contributed by atoms with van der Waals surface area (Å²) in [6.07, 6.45) is 0. The molecular formula is C14H24N4O. The number of nitrogens with zero attached hydrogens (tertiary/aromatic N) is 2. The van der Waals surface area contributed by atoms with Gasteiger partial charge in [0, 0.05) is 32.7 Å². The van der Waals surface area contributed by atoms with E-state index in [1.54, 1.807) is 26.2 Å². The summed E-state index contributed by atoms with van der Waals surface area (Å²) in [5.74, 6) is -0.0380. The van der Waals surface area contributed by atoms with Gasteiger partial charge in [0.25, 0.3) is 5.91 Å². The minimum Gasteiger partial charge on any atom is -0.397 e. The largest absolute Gasteiger partial charge is 0.397 e. The molecule has 3 N–H and O–H groups in total. The number of nitrogens with two attached hydrogens (primary N) is 1. The van der Waals surface area contributed by atoms with Gasteiger partial charge in [-0.05, 0) is 31.8 Å². The van der Waals surface area contributed by atoms with E-state index in [1.165, 1.54) is 4.90 Å². The van der Waals surface area contributed by atoms with Crippen molar-refractivity contribution in [1.29, 1.82) is 0 Å². The van der Waals surface area contributed by atoms with Gasteiger partial charge in [0.1, 0.15) is 0 Å². The molecule has 1 amide bonds. The Kier molecular flexibility index (Phi) is 5.63. The molecule has 0 aliphatic rings. The molecule has 19 heavy (non-hydrogen) atoms. The van der Waals surface area contributed by atoms with E-state index in [2.05, 4.69) is 24.2 Å². The fraction of sp³-hybridized carbons (Fsp3) is 0.500. The number of benzene rings is 1. The number of carbonyl (C=O) groups is 1. The summed E-state index contributed by atoms with van der Waals surface area (Å²) in [6.45, 7) is 4.92. The molecule has 0 saturated carbocycles. The second-order valence-corrected chi connectivity index (χ2v) is 4.82. The summed E-state index contributed by atoms with van der Waals surface area (Å²) in [7, 11) is 5.53. The topological polar surface area (TPSA) is 61.6 Å². The van der Waals surface area contributed by atoms with Crippen molar-refractivity contribution in [2.24, 2.45) is 0 Å². The van der Waals surface area contributed by atoms with Crippen LogP contribution in [0.5, 0.6) is 0 Å². The van der Waals surface area contributed by atoms with E-state index in [-0.39, 0.29) is 5.91 Å². The van der Waals surface area contributed by atoms with Crippen molar-refractivity contribution in [2.75, 3.05) is 51.8 Å². The van der Waals surface area contributed by atoms with Gasteiger partial charge in [0.2, 0.25) is 0 Å². The molecule has 0 aromatic heterocycles. The molecule has 1 aromatic carbocycles. The highest BCUT2D eigenvalue weighted by molar-refractivity contribution is 5.95. The molecule has 0 heterocycles. The first-order chi connectivity index (χ1) is 8.95. The standard InChI is InChI=1S/C14H24N4O/c1-5-18(4)9-8-16-13-7-6-11(10-12(13)15)14(19)17(2)3/h6-7,10,16H,5,8-9,15H2,1-4H3. The summed E-state index contributed by atoms with van der Waals surface area (Å²) in [6, 6.07) is 5.37. The zero-order valence-electron chi connectivity index (χ0n) is 12.2. The molecule has 0 atom stereocenters. The van der Waals surface area contributed by atoms with E-state index in [0.29, 0.717) is 11.3 Å². The highest BCUT2D eigenvalue weighted by atomic mass is 16.2. The van der Waals surface area contributed by atoms with Crippen molar-refractivity contribution in [2.45, 2.75) is 6.92 Å². The molecule has 0 aliphatic carbocycles. The van der Waals surface area contributed by atoms with Crippen LogP contribution in [-0.4, -0.2) is 56.5 Å². The van der Waals surface area contributed by atoms with Gasteiger partial charge in [-0.15, -0.1) is 0 Å². The third-order valence-corrected chi connectivity index (χ3v) is 3.05. The van der Waals surface area contributed by atoms with Gasteiger partial charge in [-0.2, -0.15) is 0 Å². The molecule has 0 bridgehead atoms. The zero-order valence-corrected chi connectivity index (χ0v) is 12.2. The predicted octanol–water partition coefficient (Wildman–Crippen LogP) is 1.33. The minimum atomic E-state index is -0.0380. The highest BCUT2D eigenvalue weighted by Crippen LogP contribution is 2.20. The lowest BCUT2D eigenvalue weighted by Crippen LogP contribution is -2.25. The Morgan fingerprint density at radius 3 is 2.53 bits per heavy atom. The molecule has 1 aromatic rings. The number of nitrogen functional groups attached to an aromatic ring is 1. The Bertz CT molecular complexity index is 431. The van der Waals surface area contributed by atoms with Gasteiger partial charge in [0.15, 0.2) is 0 Å². The van der Waals surface area contributed by atoms with Gasteiger partial charge in [-0.1, -0.05) is 6.92 Å². The maximum absolute atomic E-state index is 11.8. The maximum Gasteiger partial charge on any atom is 0.253 e. The third kappa shape index (κ3) is 4.44. The van der Waals surface area contributed by atoms with Crippen molar-refractivity contribution in [1.82, 2.24) is 9.80 Å². The first-order valence-corrected chi connectivity index (χ1v) is 6.49. The predicted molar refractivity (Wildman–Crippen MR) is 80.5 cm³/mol. The highest BCUT2D eigenvalue weighted by Gasteiger charge is 2.09. The fourth-order valence-electron chi connectivity index (χ4n) is 1.65. The molecule has 5 nitrogen and oxygen atoms in total. The summed E-state index contributed by atoms with van der Waals surface area (Å²) in [5, 5.41) is 3.28. The van der Waals surface area contributed by atoms with Crippen molar-refractivity contribution < 1.29 is 4.79 Å². The van der Waals surface area contributed by atoms with Crippen LogP contribution in [0.1, 0.15) is 17.3 Å². The van der Waals surface area contributed by atoms with E-state index in [4.69, 9.17) is 5.73 Å². The first kappa shape index (κ1) is 15.3. The number of hydrogen-bond acceptors (Lipinski definition) is 4. The van der Waals surface area contributed by atoms with Crippen LogP contribution >= 0.6 is 0 Å². The Labute approximate surface area is 115 Å². The number of nitrogens with one attached hydrogen (secondary N) is 1. The zero-order chi connectivity index (χ0) is 14.4. The average molecular weight is 264 g/mol. The lowest BCUT2D eigenvalue weighted by Gasteiger charge is -2.16. The number of likely N-dealkylation sites (N-methyl/N-ethyl adjacent to an activating group) is 1. The molecule has 0 unspecified atom stereocenters. The molecule has 0 saturated heterocycles. The normalized spacial score (nSPS) is 10.6. The molecule has 5 heteroatoms. The molecule has 0 spiro atoms. The van der Waals surface area contributed by atoms with Crippen molar-refractivity contribution in [3.63, 3.8) is 0 Å². The maximum atomic E-state index is 11.8. The number of hydrogen-bond donors (Lipinski definition) is 2. The fourth-order valence-corrected chi connectivity index (χ4v) is 1.65. The summed E-state index contributed by atoms with van der Waals surface area (Å²) in [4.78, 5) is 15.5. The first-order valence-electron chi connectivity index (χ1n) is 6.49. The minimum absolute atomic E-state index is 0.0380. The Hall–Kier alpha value is -1.75. The number of anilines is 2. The van der Waals surface area contributed by atoms with Crippen LogP contribution in [-0.2, 0) is 0 Å². The Balaban J connectivity index is 2.65. The van der Waals surface area contributed by atoms with Crippen molar-refractivity contribution in [3.05, 3.63) is 23.8 Å². The number of rotatable bonds is 6. The number of carbonyl (C=O) groups excluding carboxylic acids is 1. The smallest absolute Gasteiger partial charge is 0.253 e. The summed E-state index contributed by atoms with van der Waals surface area (Å²) < 4.78 is 0. The molecule has 106 valence electrons. The number of amides is 1. The van der Waals surface area contributed by atoms with Gasteiger partial charge in [-0.3, -0.25) is 4.79 Å². The van der Waals surface area contributed by atoms with Crippen LogP contribution in [0.2, 0.25) is 0 Å². The molecular weight excluding hydrogens is 240 g/mol. The van der Waals surface area contributed by atoms with Crippen LogP contribution in [0.15, 0.2) is 18.2 Å². The van der Waals surface area contributed by atoms with Crippen LogP contribution in [0.25, 0.3) is 0 Å². The Morgan fingerprint density at radius 2 is 2.00 bits per heavy atom. The second kappa shape index (κ2) is 6.99. The van der Waals surface area contributed by atoms with Crippen LogP contribution in [0.4, 0.5) is 11.4 Å². The SMILES string of the molecule is CCN(C)CCNc1ccc(C(=O)N(C)C)cc1N. The summed E-state index contributed by atoms with van der Waals surface area (Å²) in [5.41, 5.74) is 8.05. The third-order valence-electron chi connectivity index (χ3n) is 3.05. The molecule has 0 fully saturated rings. The van der Waals surface area contributed by atoms with E-state index in [0.717, 1.165) is 25.3 Å². The lowest BCUT2D eigenvalue weighted by molar-refractivity contribution is 0.0827. The van der Waals surface area contributed by atoms with E-state index < -0.39 is 0 Å². The van der Waals surface area contributed by atoms with Crippen molar-refractivity contribution >= 4 is 17.3 Å². The Morgan fingerprint density at radius 1 is 1.32 bits per heavy atom. The van der Waals surface area contributed by atoms with Gasteiger partial charge >= 0.3 is 0 Å². The quantitative estimate of drug-likeness (QED) is 0.761. The van der Waals surface area contributed by atoms with Gasteiger partial charge in [0.05, 0.1) is 11.4 Å². The van der Waals surface area contributed by atoms with E-state index in [9.17, 15) is 4.79 Å².